The SMILES string of the molecule is C=O.CCCC.COC(C)(C)C.C[C@@H](N)Cc1cccs1. The van der Waals surface area contributed by atoms with Crippen molar-refractivity contribution in [3.8, 4) is 0 Å². The van der Waals surface area contributed by atoms with Gasteiger partial charge in [0, 0.05) is 18.0 Å². The van der Waals surface area contributed by atoms with Crippen molar-refractivity contribution in [1.29, 1.82) is 0 Å². The van der Waals surface area contributed by atoms with Gasteiger partial charge in [-0.1, -0.05) is 32.8 Å². The summed E-state index contributed by atoms with van der Waals surface area (Å²) in [6, 6.07) is 4.47. The topological polar surface area (TPSA) is 52.3 Å². The maximum Gasteiger partial charge on any atom is 0.106 e. The molecule has 0 saturated heterocycles. The molecule has 0 amide bonds. The molecule has 1 atom stereocenters. The fraction of sp³-hybridized carbons (Fsp3) is 0.706. The van der Waals surface area contributed by atoms with E-state index in [1.807, 2.05) is 34.5 Å². The molecule has 1 rings (SSSR count). The van der Waals surface area contributed by atoms with Crippen LogP contribution in [-0.2, 0) is 16.0 Å². The predicted octanol–water partition coefficient (Wildman–Crippen LogP) is 4.69. The number of ether oxygens (including phenoxy) is 1. The van der Waals surface area contributed by atoms with E-state index in [1.54, 1.807) is 18.4 Å². The maximum atomic E-state index is 8.00. The molecule has 0 aliphatic carbocycles. The first-order valence-electron chi connectivity index (χ1n) is 7.38. The molecular weight excluding hydrogens is 282 g/mol. The van der Waals surface area contributed by atoms with Gasteiger partial charge >= 0.3 is 0 Å². The van der Waals surface area contributed by atoms with Gasteiger partial charge in [0.25, 0.3) is 0 Å². The molecule has 0 fully saturated rings. The van der Waals surface area contributed by atoms with Crippen LogP contribution in [0.4, 0.5) is 0 Å². The van der Waals surface area contributed by atoms with Crippen LogP contribution in [-0.4, -0.2) is 25.5 Å². The molecule has 3 nitrogen and oxygen atoms in total. The van der Waals surface area contributed by atoms with Crippen LogP contribution in [0.15, 0.2) is 17.5 Å². The molecule has 0 radical (unpaired) electrons. The second kappa shape index (κ2) is 17.3. The highest BCUT2D eigenvalue weighted by Gasteiger charge is 2.04. The Morgan fingerprint density at radius 2 is 1.71 bits per heavy atom. The summed E-state index contributed by atoms with van der Waals surface area (Å²) in [7, 11) is 1.71. The van der Waals surface area contributed by atoms with E-state index in [0.717, 1.165) is 6.42 Å². The summed E-state index contributed by atoms with van der Waals surface area (Å²) >= 11 is 1.77. The van der Waals surface area contributed by atoms with Crippen LogP contribution in [0.25, 0.3) is 0 Å². The lowest BCUT2D eigenvalue weighted by Crippen LogP contribution is -2.16. The molecule has 2 N–H and O–H groups in total. The molecule has 0 saturated carbocycles. The van der Waals surface area contributed by atoms with E-state index in [-0.39, 0.29) is 5.60 Å². The Bertz CT molecular complexity index is 277. The minimum absolute atomic E-state index is 0.0417. The summed E-state index contributed by atoms with van der Waals surface area (Å²) in [5.41, 5.74) is 5.63. The van der Waals surface area contributed by atoms with E-state index >= 15 is 0 Å². The molecule has 0 spiro atoms. The molecule has 126 valence electrons. The third-order valence-electron chi connectivity index (χ3n) is 2.22. The van der Waals surface area contributed by atoms with Crippen LogP contribution >= 0.6 is 11.3 Å². The molecule has 4 heteroatoms. The number of methoxy groups -OCH3 is 1. The molecular formula is C17H35NO2S. The molecule has 21 heavy (non-hydrogen) atoms. The second-order valence-corrected chi connectivity index (χ2v) is 6.61. The van der Waals surface area contributed by atoms with E-state index in [1.165, 1.54) is 17.7 Å². The highest BCUT2D eigenvalue weighted by Crippen LogP contribution is 2.09. The van der Waals surface area contributed by atoms with Crippen LogP contribution in [0.5, 0.6) is 0 Å². The summed E-state index contributed by atoms with van der Waals surface area (Å²) in [5.74, 6) is 0. The minimum atomic E-state index is 0.0417. The Balaban J connectivity index is -0.000000236. The first kappa shape index (κ1) is 25.3. The second-order valence-electron chi connectivity index (χ2n) is 5.58. The summed E-state index contributed by atoms with van der Waals surface area (Å²) in [4.78, 5) is 9.38. The van der Waals surface area contributed by atoms with E-state index in [0.29, 0.717) is 6.04 Å². The van der Waals surface area contributed by atoms with Gasteiger partial charge in [-0.05, 0) is 45.6 Å². The predicted molar refractivity (Wildman–Crippen MR) is 96.1 cm³/mol. The van der Waals surface area contributed by atoms with Crippen molar-refractivity contribution >= 4 is 18.1 Å². The zero-order valence-electron chi connectivity index (χ0n) is 14.9. The molecule has 0 aromatic carbocycles. The van der Waals surface area contributed by atoms with Gasteiger partial charge in [0.2, 0.25) is 0 Å². The lowest BCUT2D eigenvalue weighted by molar-refractivity contribution is -0.0979. The number of carbonyl (C=O) groups is 1. The Morgan fingerprint density at radius 1 is 1.29 bits per heavy atom. The third kappa shape index (κ3) is 28.2. The standard InChI is InChI=1S/C7H11NS.C5H12O.C4H10.CH2O/c1-6(8)5-7-3-2-4-9-7;1-5(2,3)6-4;1-3-4-2;1-2/h2-4,6H,5,8H2,1H3;1-4H3;3-4H2,1-2H3;1H2/t6-;;;/m1.../s1. The van der Waals surface area contributed by atoms with Gasteiger partial charge in [-0.15, -0.1) is 11.3 Å². The minimum Gasteiger partial charge on any atom is -0.379 e. The van der Waals surface area contributed by atoms with Crippen LogP contribution < -0.4 is 5.73 Å². The van der Waals surface area contributed by atoms with Crippen molar-refractivity contribution in [2.75, 3.05) is 7.11 Å². The number of rotatable bonds is 3. The Morgan fingerprint density at radius 3 is 1.90 bits per heavy atom. The van der Waals surface area contributed by atoms with E-state index in [4.69, 9.17) is 15.3 Å². The fourth-order valence-electron chi connectivity index (χ4n) is 0.746. The molecule has 1 aromatic heterocycles. The van der Waals surface area contributed by atoms with Crippen molar-refractivity contribution in [3.05, 3.63) is 22.4 Å². The highest BCUT2D eigenvalue weighted by atomic mass is 32.1. The molecule has 1 heterocycles. The van der Waals surface area contributed by atoms with Gasteiger partial charge < -0.3 is 15.3 Å². The van der Waals surface area contributed by atoms with Crippen LogP contribution in [0, 0.1) is 0 Å². The first-order chi connectivity index (χ1) is 9.76. The number of nitrogens with two attached hydrogens (primary N) is 1. The maximum absolute atomic E-state index is 8.00. The molecule has 1 aromatic rings. The Labute approximate surface area is 135 Å². The normalized spacial score (nSPS) is 10.9. The number of thiophene rings is 1. The lowest BCUT2D eigenvalue weighted by atomic mass is 10.2. The van der Waals surface area contributed by atoms with Crippen molar-refractivity contribution in [2.45, 2.75) is 72.4 Å². The average Bonchev–Trinajstić information content (AvgIpc) is 2.93. The quantitative estimate of drug-likeness (QED) is 0.879. The number of carbonyl (C=O) groups excluding carboxylic acids is 1. The third-order valence-corrected chi connectivity index (χ3v) is 3.11. The van der Waals surface area contributed by atoms with Crippen LogP contribution in [0.3, 0.4) is 0 Å². The number of hydrogen-bond acceptors (Lipinski definition) is 4. The van der Waals surface area contributed by atoms with E-state index < -0.39 is 0 Å². The molecule has 0 bridgehead atoms. The van der Waals surface area contributed by atoms with Crippen molar-refractivity contribution < 1.29 is 9.53 Å². The monoisotopic (exact) mass is 317 g/mol. The van der Waals surface area contributed by atoms with Crippen molar-refractivity contribution in [3.63, 3.8) is 0 Å². The highest BCUT2D eigenvalue weighted by molar-refractivity contribution is 7.09. The summed E-state index contributed by atoms with van der Waals surface area (Å²) in [6.45, 7) is 14.5. The summed E-state index contributed by atoms with van der Waals surface area (Å²) in [5, 5.41) is 2.08. The van der Waals surface area contributed by atoms with Crippen LogP contribution in [0.1, 0.15) is 59.3 Å². The summed E-state index contributed by atoms with van der Waals surface area (Å²) in [6.07, 6.45) is 3.65. The smallest absolute Gasteiger partial charge is 0.106 e. The van der Waals surface area contributed by atoms with Gasteiger partial charge in [0.05, 0.1) is 5.60 Å². The average molecular weight is 318 g/mol. The van der Waals surface area contributed by atoms with E-state index in [9.17, 15) is 0 Å². The summed E-state index contributed by atoms with van der Waals surface area (Å²) < 4.78 is 4.94. The van der Waals surface area contributed by atoms with Crippen molar-refractivity contribution in [1.82, 2.24) is 0 Å². The fourth-order valence-corrected chi connectivity index (χ4v) is 1.59. The zero-order valence-corrected chi connectivity index (χ0v) is 15.8. The largest absolute Gasteiger partial charge is 0.379 e. The zero-order chi connectivity index (χ0) is 17.3. The molecule has 0 aliphatic rings. The van der Waals surface area contributed by atoms with Gasteiger partial charge in [-0.2, -0.15) is 0 Å². The Kier molecular flexibility index (Phi) is 20.9. The van der Waals surface area contributed by atoms with E-state index in [2.05, 4.69) is 31.4 Å². The van der Waals surface area contributed by atoms with Gasteiger partial charge in [0.1, 0.15) is 6.79 Å². The van der Waals surface area contributed by atoms with Crippen LogP contribution in [0.2, 0.25) is 0 Å². The van der Waals surface area contributed by atoms with Crippen molar-refractivity contribution in [2.24, 2.45) is 5.73 Å². The number of unbranched alkanes of at least 4 members (excludes halogenated alkanes) is 1. The van der Waals surface area contributed by atoms with Gasteiger partial charge in [0.15, 0.2) is 0 Å². The Hall–Kier alpha value is -0.710. The molecule has 0 unspecified atom stereocenters. The lowest BCUT2D eigenvalue weighted by Gasteiger charge is -2.14. The number of hydrogen-bond donors (Lipinski definition) is 1. The molecule has 0 aliphatic heterocycles. The van der Waals surface area contributed by atoms with Gasteiger partial charge in [-0.25, -0.2) is 0 Å². The van der Waals surface area contributed by atoms with Gasteiger partial charge in [-0.3, -0.25) is 0 Å². The first-order valence-corrected chi connectivity index (χ1v) is 8.26.